The quantitative estimate of drug-likeness (QED) is 0.636. The van der Waals surface area contributed by atoms with Crippen LogP contribution in [0.2, 0.25) is 0 Å². The third-order valence-corrected chi connectivity index (χ3v) is 5.26. The van der Waals surface area contributed by atoms with Crippen LogP contribution >= 0.6 is 0 Å². The van der Waals surface area contributed by atoms with Crippen molar-refractivity contribution in [3.05, 3.63) is 53.9 Å². The lowest BCUT2D eigenvalue weighted by molar-refractivity contribution is 0.131. The van der Waals surface area contributed by atoms with Gasteiger partial charge in [0.05, 0.1) is 37.0 Å². The van der Waals surface area contributed by atoms with Crippen molar-refractivity contribution in [3.8, 4) is 22.6 Å². The van der Waals surface area contributed by atoms with E-state index >= 15 is 0 Å². The number of aromatic amines is 1. The molecule has 3 heterocycles. The van der Waals surface area contributed by atoms with Gasteiger partial charge in [-0.25, -0.2) is 9.78 Å². The second kappa shape index (κ2) is 7.50. The molecule has 0 aliphatic carbocycles. The Morgan fingerprint density at radius 1 is 1.21 bits per heavy atom. The SMILES string of the molecule is COc1ccc(-c2c(C)[nH]c3ccc(C4C=CCCN4C(=O)O)nc23)cc1OC. The minimum absolute atomic E-state index is 0.390. The molecule has 29 heavy (non-hydrogen) atoms. The second-order valence-electron chi connectivity index (χ2n) is 6.96. The van der Waals surface area contributed by atoms with Gasteiger partial charge in [-0.3, -0.25) is 4.90 Å². The molecule has 4 rings (SSSR count). The number of pyridine rings is 1. The molecule has 1 aliphatic rings. The number of carboxylic acid groups (broad SMARTS) is 1. The Labute approximate surface area is 168 Å². The first-order valence-corrected chi connectivity index (χ1v) is 9.41. The summed E-state index contributed by atoms with van der Waals surface area (Å²) in [6.45, 7) is 2.46. The van der Waals surface area contributed by atoms with Gasteiger partial charge in [0, 0.05) is 17.8 Å². The predicted octanol–water partition coefficient (Wildman–Crippen LogP) is 4.54. The summed E-state index contributed by atoms with van der Waals surface area (Å²) in [7, 11) is 3.21. The highest BCUT2D eigenvalue weighted by Gasteiger charge is 2.26. The Morgan fingerprint density at radius 2 is 2.00 bits per heavy atom. The monoisotopic (exact) mass is 393 g/mol. The molecule has 1 aromatic carbocycles. The lowest BCUT2D eigenvalue weighted by atomic mass is 10.0. The number of aryl methyl sites for hydroxylation is 1. The molecular weight excluding hydrogens is 370 g/mol. The number of rotatable bonds is 4. The van der Waals surface area contributed by atoms with Crippen LogP contribution in [0.1, 0.15) is 23.9 Å². The van der Waals surface area contributed by atoms with E-state index in [9.17, 15) is 9.90 Å². The summed E-state index contributed by atoms with van der Waals surface area (Å²) in [5, 5.41) is 9.56. The first-order chi connectivity index (χ1) is 14.0. The number of methoxy groups -OCH3 is 2. The van der Waals surface area contributed by atoms with Gasteiger partial charge in [-0.15, -0.1) is 0 Å². The van der Waals surface area contributed by atoms with E-state index in [4.69, 9.17) is 14.5 Å². The van der Waals surface area contributed by atoms with Gasteiger partial charge in [-0.05, 0) is 43.2 Å². The average molecular weight is 393 g/mol. The van der Waals surface area contributed by atoms with Crippen LogP contribution < -0.4 is 9.47 Å². The summed E-state index contributed by atoms with van der Waals surface area (Å²) < 4.78 is 10.8. The van der Waals surface area contributed by atoms with Gasteiger partial charge in [-0.2, -0.15) is 0 Å². The molecule has 150 valence electrons. The van der Waals surface area contributed by atoms with E-state index in [1.165, 1.54) is 4.90 Å². The van der Waals surface area contributed by atoms with Gasteiger partial charge in [0.1, 0.15) is 0 Å². The fourth-order valence-corrected chi connectivity index (χ4v) is 3.87. The van der Waals surface area contributed by atoms with Gasteiger partial charge >= 0.3 is 6.09 Å². The molecule has 1 aliphatic heterocycles. The first-order valence-electron chi connectivity index (χ1n) is 9.41. The van der Waals surface area contributed by atoms with Crippen LogP contribution in [-0.2, 0) is 0 Å². The summed E-state index contributed by atoms with van der Waals surface area (Å²) in [4.78, 5) is 21.3. The largest absolute Gasteiger partial charge is 0.493 e. The summed E-state index contributed by atoms with van der Waals surface area (Å²) in [6, 6.07) is 9.21. The topological polar surface area (TPSA) is 87.7 Å². The fraction of sp³-hybridized carbons (Fsp3) is 0.273. The number of fused-ring (bicyclic) bond motifs is 1. The maximum absolute atomic E-state index is 11.7. The van der Waals surface area contributed by atoms with Crippen molar-refractivity contribution >= 4 is 17.1 Å². The predicted molar refractivity (Wildman–Crippen MR) is 111 cm³/mol. The van der Waals surface area contributed by atoms with Crippen LogP contribution in [-0.4, -0.2) is 46.8 Å². The van der Waals surface area contributed by atoms with Crippen molar-refractivity contribution < 1.29 is 19.4 Å². The van der Waals surface area contributed by atoms with Gasteiger partial charge in [-0.1, -0.05) is 18.2 Å². The van der Waals surface area contributed by atoms with E-state index < -0.39 is 6.09 Å². The van der Waals surface area contributed by atoms with Crippen molar-refractivity contribution in [2.45, 2.75) is 19.4 Å². The highest BCUT2D eigenvalue weighted by Crippen LogP contribution is 2.37. The van der Waals surface area contributed by atoms with Crippen molar-refractivity contribution in [2.24, 2.45) is 0 Å². The normalized spacial score (nSPS) is 16.2. The van der Waals surface area contributed by atoms with Crippen LogP contribution in [0.15, 0.2) is 42.5 Å². The molecule has 3 aromatic rings. The third-order valence-electron chi connectivity index (χ3n) is 5.26. The Kier molecular flexibility index (Phi) is 4.88. The Bertz CT molecular complexity index is 1100. The minimum atomic E-state index is -0.938. The zero-order valence-corrected chi connectivity index (χ0v) is 16.6. The molecule has 7 heteroatoms. The highest BCUT2D eigenvalue weighted by atomic mass is 16.5. The summed E-state index contributed by atoms with van der Waals surface area (Å²) in [5.41, 5.74) is 5.30. The maximum Gasteiger partial charge on any atom is 0.408 e. The third kappa shape index (κ3) is 3.29. The van der Waals surface area contributed by atoms with Crippen LogP contribution in [0.4, 0.5) is 4.79 Å². The first kappa shape index (κ1) is 18.9. The molecule has 1 unspecified atom stereocenters. The number of nitrogens with one attached hydrogen (secondary N) is 1. The Morgan fingerprint density at radius 3 is 2.72 bits per heavy atom. The van der Waals surface area contributed by atoms with Crippen molar-refractivity contribution in [3.63, 3.8) is 0 Å². The molecule has 0 radical (unpaired) electrons. The number of carbonyl (C=O) groups is 1. The number of ether oxygens (including phenoxy) is 2. The Hall–Kier alpha value is -3.48. The van der Waals surface area contributed by atoms with Crippen LogP contribution in [0.5, 0.6) is 11.5 Å². The van der Waals surface area contributed by atoms with Gasteiger partial charge in [0.2, 0.25) is 0 Å². The number of hydrogen-bond acceptors (Lipinski definition) is 4. The van der Waals surface area contributed by atoms with Crippen LogP contribution in [0.25, 0.3) is 22.2 Å². The number of H-pyrrole nitrogens is 1. The smallest absolute Gasteiger partial charge is 0.408 e. The van der Waals surface area contributed by atoms with Crippen LogP contribution in [0, 0.1) is 6.92 Å². The Balaban J connectivity index is 1.85. The molecule has 2 aromatic heterocycles. The summed E-state index contributed by atoms with van der Waals surface area (Å²) in [5.74, 6) is 1.30. The lowest BCUT2D eigenvalue weighted by Crippen LogP contribution is -2.35. The molecule has 0 bridgehead atoms. The molecule has 7 nitrogen and oxygen atoms in total. The number of amides is 1. The van der Waals surface area contributed by atoms with E-state index in [-0.39, 0.29) is 6.04 Å². The van der Waals surface area contributed by atoms with E-state index in [0.717, 1.165) is 27.9 Å². The number of benzene rings is 1. The van der Waals surface area contributed by atoms with Gasteiger partial charge in [0.15, 0.2) is 11.5 Å². The number of aromatic nitrogens is 2. The highest BCUT2D eigenvalue weighted by molar-refractivity contribution is 5.95. The lowest BCUT2D eigenvalue weighted by Gasteiger charge is -2.29. The van der Waals surface area contributed by atoms with Crippen molar-refractivity contribution in [1.82, 2.24) is 14.9 Å². The zero-order valence-electron chi connectivity index (χ0n) is 16.6. The van der Waals surface area contributed by atoms with Gasteiger partial charge < -0.3 is 19.6 Å². The fourth-order valence-electron chi connectivity index (χ4n) is 3.87. The van der Waals surface area contributed by atoms with E-state index in [2.05, 4.69) is 4.98 Å². The van der Waals surface area contributed by atoms with Crippen molar-refractivity contribution in [2.75, 3.05) is 20.8 Å². The molecular formula is C22H23N3O4. The van der Waals surface area contributed by atoms with E-state index in [1.54, 1.807) is 14.2 Å². The number of nitrogens with zero attached hydrogens (tertiary/aromatic N) is 2. The molecule has 0 fully saturated rings. The van der Waals surface area contributed by atoms with E-state index in [1.807, 2.05) is 49.4 Å². The second-order valence-corrected chi connectivity index (χ2v) is 6.96. The van der Waals surface area contributed by atoms with Crippen LogP contribution in [0.3, 0.4) is 0 Å². The molecule has 1 atom stereocenters. The summed E-state index contributed by atoms with van der Waals surface area (Å²) >= 11 is 0. The number of hydrogen-bond donors (Lipinski definition) is 2. The van der Waals surface area contributed by atoms with Gasteiger partial charge in [0.25, 0.3) is 0 Å². The average Bonchev–Trinajstić information content (AvgIpc) is 3.08. The molecule has 1 amide bonds. The zero-order chi connectivity index (χ0) is 20.5. The molecule has 0 saturated heterocycles. The van der Waals surface area contributed by atoms with E-state index in [0.29, 0.717) is 30.2 Å². The standard InChI is InChI=1S/C22H23N3O4/c1-13-20(14-7-10-18(28-2)19(12-14)29-3)21-16(23-13)9-8-15(24-21)17-6-4-5-11-25(17)22(26)27/h4,6-10,12,17,23H,5,11H2,1-3H3,(H,26,27). The molecule has 0 saturated carbocycles. The molecule has 2 N–H and O–H groups in total. The minimum Gasteiger partial charge on any atom is -0.493 e. The molecule has 0 spiro atoms. The van der Waals surface area contributed by atoms with Crippen molar-refractivity contribution in [1.29, 1.82) is 0 Å². The maximum atomic E-state index is 11.7. The summed E-state index contributed by atoms with van der Waals surface area (Å²) in [6.07, 6.45) is 3.69.